The summed E-state index contributed by atoms with van der Waals surface area (Å²) in [5.41, 5.74) is 0.626. The monoisotopic (exact) mass is 395 g/mol. The van der Waals surface area contributed by atoms with Crippen LogP contribution in [0.5, 0.6) is 0 Å². The van der Waals surface area contributed by atoms with E-state index in [0.29, 0.717) is 13.2 Å². The van der Waals surface area contributed by atoms with Gasteiger partial charge in [-0.05, 0) is 48.7 Å². The highest BCUT2D eigenvalue weighted by molar-refractivity contribution is 9.11. The Hall–Kier alpha value is -0.300. The molecule has 0 radical (unpaired) electrons. The Balaban J connectivity index is 2.08. The van der Waals surface area contributed by atoms with Crippen LogP contribution in [0.2, 0.25) is 5.02 Å². The molecule has 0 aromatic carbocycles. The molecule has 118 valence electrons. The maximum Gasteiger partial charge on any atom is 0.410 e. The van der Waals surface area contributed by atoms with Crippen molar-refractivity contribution in [3.05, 3.63) is 19.2 Å². The minimum Gasteiger partial charge on any atom is -0.444 e. The number of carbonyl (C=O) groups is 1. The van der Waals surface area contributed by atoms with E-state index in [1.54, 1.807) is 23.3 Å². The third-order valence-electron chi connectivity index (χ3n) is 3.04. The summed E-state index contributed by atoms with van der Waals surface area (Å²) in [6, 6.07) is 0. The molecule has 1 aliphatic heterocycles. The molecule has 0 aliphatic carbocycles. The van der Waals surface area contributed by atoms with Crippen LogP contribution in [0.3, 0.4) is 0 Å². The first-order valence-electron chi connectivity index (χ1n) is 6.71. The number of thiophene rings is 1. The molecular weight excluding hydrogens is 378 g/mol. The second-order valence-electron chi connectivity index (χ2n) is 6.00. The topological polar surface area (TPSA) is 38.8 Å². The van der Waals surface area contributed by atoms with Crippen LogP contribution in [0.4, 0.5) is 4.79 Å². The van der Waals surface area contributed by atoms with Crippen LogP contribution in [0.15, 0.2) is 3.79 Å². The number of fused-ring (bicyclic) bond motifs is 1. The molecule has 1 amide bonds. The van der Waals surface area contributed by atoms with Gasteiger partial charge in [0, 0.05) is 11.9 Å². The molecular formula is C14H19BrClNO3S. The van der Waals surface area contributed by atoms with Crippen molar-refractivity contribution in [1.29, 1.82) is 0 Å². The van der Waals surface area contributed by atoms with Crippen molar-refractivity contribution in [3.63, 3.8) is 0 Å². The van der Waals surface area contributed by atoms with Crippen molar-refractivity contribution in [2.75, 3.05) is 20.2 Å². The number of ether oxygens (including phenoxy) is 2. The maximum absolute atomic E-state index is 12.0. The van der Waals surface area contributed by atoms with Crippen molar-refractivity contribution in [3.8, 4) is 0 Å². The highest BCUT2D eigenvalue weighted by atomic mass is 79.9. The Kier molecular flexibility index (Phi) is 5.23. The number of amides is 1. The van der Waals surface area contributed by atoms with Gasteiger partial charge in [-0.2, -0.15) is 0 Å². The SMILES string of the molecule is CN(CC1OCCc2c1sc(Br)c2Cl)C(=O)OC(C)(C)C. The fourth-order valence-corrected chi connectivity index (χ4v) is 4.24. The summed E-state index contributed by atoms with van der Waals surface area (Å²) in [5.74, 6) is 0. The Labute approximate surface area is 142 Å². The van der Waals surface area contributed by atoms with Gasteiger partial charge in [0.05, 0.1) is 22.0 Å². The van der Waals surface area contributed by atoms with Gasteiger partial charge < -0.3 is 14.4 Å². The molecule has 1 aromatic rings. The van der Waals surface area contributed by atoms with E-state index >= 15 is 0 Å². The van der Waals surface area contributed by atoms with Crippen LogP contribution in [-0.2, 0) is 15.9 Å². The lowest BCUT2D eigenvalue weighted by atomic mass is 10.1. The molecule has 0 saturated heterocycles. The van der Waals surface area contributed by atoms with Crippen LogP contribution in [0, 0.1) is 0 Å². The molecule has 0 fully saturated rings. The highest BCUT2D eigenvalue weighted by Gasteiger charge is 2.30. The molecule has 0 spiro atoms. The summed E-state index contributed by atoms with van der Waals surface area (Å²) in [6.45, 7) is 6.62. The first-order chi connectivity index (χ1) is 9.69. The quantitative estimate of drug-likeness (QED) is 0.730. The zero-order valence-electron chi connectivity index (χ0n) is 12.5. The number of hydrogen-bond acceptors (Lipinski definition) is 4. The molecule has 1 aromatic heterocycles. The summed E-state index contributed by atoms with van der Waals surface area (Å²) < 4.78 is 12.1. The lowest BCUT2D eigenvalue weighted by Crippen LogP contribution is -2.37. The van der Waals surface area contributed by atoms with E-state index in [9.17, 15) is 4.79 Å². The average molecular weight is 397 g/mol. The van der Waals surface area contributed by atoms with Crippen molar-refractivity contribution in [2.45, 2.75) is 38.9 Å². The van der Waals surface area contributed by atoms with E-state index in [4.69, 9.17) is 21.1 Å². The highest BCUT2D eigenvalue weighted by Crippen LogP contribution is 2.43. The predicted molar refractivity (Wildman–Crippen MR) is 88.3 cm³/mol. The Morgan fingerprint density at radius 3 is 2.86 bits per heavy atom. The van der Waals surface area contributed by atoms with Crippen LogP contribution >= 0.6 is 38.9 Å². The average Bonchev–Trinajstić information content (AvgIpc) is 2.65. The first kappa shape index (κ1) is 17.1. The van der Waals surface area contributed by atoms with Crippen LogP contribution in [0.1, 0.15) is 37.3 Å². The molecule has 1 unspecified atom stereocenters. The van der Waals surface area contributed by atoms with Gasteiger partial charge in [0.15, 0.2) is 0 Å². The van der Waals surface area contributed by atoms with E-state index in [2.05, 4.69) is 15.9 Å². The van der Waals surface area contributed by atoms with Gasteiger partial charge in [-0.15, -0.1) is 11.3 Å². The van der Waals surface area contributed by atoms with Gasteiger partial charge in [-0.3, -0.25) is 0 Å². The van der Waals surface area contributed by atoms with Gasteiger partial charge in [-0.25, -0.2) is 4.79 Å². The minimum atomic E-state index is -0.501. The molecule has 0 N–H and O–H groups in total. The fraction of sp³-hybridized carbons (Fsp3) is 0.643. The van der Waals surface area contributed by atoms with Gasteiger partial charge in [0.2, 0.25) is 0 Å². The minimum absolute atomic E-state index is 0.153. The normalized spacial score (nSPS) is 18.3. The zero-order chi connectivity index (χ0) is 15.8. The van der Waals surface area contributed by atoms with E-state index in [-0.39, 0.29) is 12.2 Å². The lowest BCUT2D eigenvalue weighted by molar-refractivity contribution is -0.000219. The lowest BCUT2D eigenvalue weighted by Gasteiger charge is -2.29. The second kappa shape index (κ2) is 6.44. The van der Waals surface area contributed by atoms with Gasteiger partial charge in [0.1, 0.15) is 11.7 Å². The third-order valence-corrected chi connectivity index (χ3v) is 5.79. The second-order valence-corrected chi connectivity index (χ2v) is 8.75. The standard InChI is InChI=1S/C14H19BrClNO3S/c1-14(2,3)20-13(18)17(4)7-9-11-8(5-6-19-9)10(16)12(15)21-11/h9H,5-7H2,1-4H3. The summed E-state index contributed by atoms with van der Waals surface area (Å²) in [6.07, 6.45) is 0.308. The number of hydrogen-bond donors (Lipinski definition) is 0. The number of likely N-dealkylation sites (N-methyl/N-ethyl adjacent to an activating group) is 1. The van der Waals surface area contributed by atoms with Crippen molar-refractivity contribution < 1.29 is 14.3 Å². The fourth-order valence-electron chi connectivity index (χ4n) is 2.10. The summed E-state index contributed by atoms with van der Waals surface area (Å²) in [5, 5.41) is 0.767. The van der Waals surface area contributed by atoms with Crippen LogP contribution < -0.4 is 0 Å². The van der Waals surface area contributed by atoms with Crippen LogP contribution in [-0.4, -0.2) is 36.8 Å². The zero-order valence-corrected chi connectivity index (χ0v) is 15.7. The number of carbonyl (C=O) groups excluding carboxylic acids is 1. The molecule has 7 heteroatoms. The maximum atomic E-state index is 12.0. The van der Waals surface area contributed by atoms with Gasteiger partial charge in [-0.1, -0.05) is 11.6 Å². The molecule has 1 aliphatic rings. The van der Waals surface area contributed by atoms with Crippen LogP contribution in [0.25, 0.3) is 0 Å². The number of rotatable bonds is 2. The number of halogens is 2. The van der Waals surface area contributed by atoms with Gasteiger partial charge >= 0.3 is 6.09 Å². The summed E-state index contributed by atoms with van der Waals surface area (Å²) >= 11 is 11.3. The molecule has 1 atom stereocenters. The Morgan fingerprint density at radius 2 is 2.24 bits per heavy atom. The Bertz CT molecular complexity index is 541. The van der Waals surface area contributed by atoms with E-state index in [1.807, 2.05) is 20.8 Å². The smallest absolute Gasteiger partial charge is 0.410 e. The largest absolute Gasteiger partial charge is 0.444 e. The molecule has 2 rings (SSSR count). The van der Waals surface area contributed by atoms with Crippen molar-refractivity contribution in [2.24, 2.45) is 0 Å². The molecule has 0 saturated carbocycles. The van der Waals surface area contributed by atoms with E-state index in [0.717, 1.165) is 25.7 Å². The van der Waals surface area contributed by atoms with Crippen molar-refractivity contribution in [1.82, 2.24) is 4.90 Å². The number of nitrogens with zero attached hydrogens (tertiary/aromatic N) is 1. The molecule has 2 heterocycles. The van der Waals surface area contributed by atoms with E-state index < -0.39 is 5.60 Å². The molecule has 0 bridgehead atoms. The van der Waals surface area contributed by atoms with Crippen molar-refractivity contribution >= 4 is 45.0 Å². The molecule has 4 nitrogen and oxygen atoms in total. The van der Waals surface area contributed by atoms with E-state index in [1.165, 1.54) is 0 Å². The Morgan fingerprint density at radius 1 is 1.57 bits per heavy atom. The summed E-state index contributed by atoms with van der Waals surface area (Å²) in [7, 11) is 1.72. The first-order valence-corrected chi connectivity index (χ1v) is 8.70. The predicted octanol–water partition coefficient (Wildman–Crippen LogP) is 4.64. The molecule has 21 heavy (non-hydrogen) atoms. The van der Waals surface area contributed by atoms with Gasteiger partial charge in [0.25, 0.3) is 0 Å². The third kappa shape index (κ3) is 4.12. The summed E-state index contributed by atoms with van der Waals surface area (Å²) in [4.78, 5) is 14.7.